The molecule has 0 unspecified atom stereocenters. The highest BCUT2D eigenvalue weighted by atomic mass is 16.6. The van der Waals surface area contributed by atoms with Gasteiger partial charge in [0.15, 0.2) is 5.75 Å². The van der Waals surface area contributed by atoms with Crippen molar-refractivity contribution in [2.24, 2.45) is 0 Å². The average molecular weight is 296 g/mol. The highest BCUT2D eigenvalue weighted by molar-refractivity contribution is 5.95. The fourth-order valence-corrected chi connectivity index (χ4v) is 1.70. The Kier molecular flexibility index (Phi) is 7.17. The van der Waals surface area contributed by atoms with Crippen molar-refractivity contribution in [3.63, 3.8) is 0 Å². The third-order valence-electron chi connectivity index (χ3n) is 2.67. The van der Waals surface area contributed by atoms with E-state index >= 15 is 0 Å². The maximum Gasteiger partial charge on any atom is 0.311 e. The number of rotatable bonds is 9. The van der Waals surface area contributed by atoms with Gasteiger partial charge in [0.1, 0.15) is 0 Å². The zero-order chi connectivity index (χ0) is 15.7. The summed E-state index contributed by atoms with van der Waals surface area (Å²) in [5.74, 6) is -0.187. The fraction of sp³-hybridized carbons (Fsp3) is 0.500. The molecule has 0 aliphatic heterocycles. The van der Waals surface area contributed by atoms with Gasteiger partial charge in [0.25, 0.3) is 5.91 Å². The van der Waals surface area contributed by atoms with Gasteiger partial charge in [-0.3, -0.25) is 14.9 Å². The zero-order valence-corrected chi connectivity index (χ0v) is 12.3. The number of nitrogens with zero attached hydrogens (tertiary/aromatic N) is 1. The summed E-state index contributed by atoms with van der Waals surface area (Å²) in [5, 5.41) is 13.7. The van der Waals surface area contributed by atoms with E-state index in [-0.39, 0.29) is 22.9 Å². The van der Waals surface area contributed by atoms with Crippen LogP contribution in [0.2, 0.25) is 0 Å². The Labute approximate surface area is 123 Å². The molecule has 0 saturated heterocycles. The Hall–Kier alpha value is -2.15. The molecular formula is C14H20N2O5. The summed E-state index contributed by atoms with van der Waals surface area (Å²) in [6.45, 7) is 5.63. The number of hydrogen-bond acceptors (Lipinski definition) is 5. The number of carbonyl (C=O) groups excluding carboxylic acids is 1. The van der Waals surface area contributed by atoms with E-state index in [1.807, 2.05) is 6.92 Å². The molecule has 0 spiro atoms. The van der Waals surface area contributed by atoms with E-state index < -0.39 is 4.92 Å². The molecule has 0 aromatic heterocycles. The molecule has 7 heteroatoms. The predicted molar refractivity (Wildman–Crippen MR) is 77.7 cm³/mol. The predicted octanol–water partition coefficient (Wildman–Crippen LogP) is 2.15. The quantitative estimate of drug-likeness (QED) is 0.428. The molecule has 21 heavy (non-hydrogen) atoms. The van der Waals surface area contributed by atoms with E-state index in [1.54, 1.807) is 6.92 Å². The molecule has 0 heterocycles. The number of nitro groups is 1. The third-order valence-corrected chi connectivity index (χ3v) is 2.67. The Morgan fingerprint density at radius 3 is 2.71 bits per heavy atom. The van der Waals surface area contributed by atoms with Crippen LogP contribution in [-0.4, -0.2) is 37.2 Å². The van der Waals surface area contributed by atoms with Crippen LogP contribution < -0.4 is 10.1 Å². The topological polar surface area (TPSA) is 90.7 Å². The smallest absolute Gasteiger partial charge is 0.311 e. The lowest BCUT2D eigenvalue weighted by molar-refractivity contribution is -0.385. The lowest BCUT2D eigenvalue weighted by Crippen LogP contribution is -2.25. The molecule has 7 nitrogen and oxygen atoms in total. The minimum atomic E-state index is -0.559. The van der Waals surface area contributed by atoms with Gasteiger partial charge in [-0.2, -0.15) is 0 Å². The normalized spacial score (nSPS) is 10.2. The van der Waals surface area contributed by atoms with Crippen molar-refractivity contribution in [2.45, 2.75) is 20.3 Å². The van der Waals surface area contributed by atoms with Crippen LogP contribution in [0.15, 0.2) is 18.2 Å². The van der Waals surface area contributed by atoms with Crippen LogP contribution in [-0.2, 0) is 4.74 Å². The molecule has 1 N–H and O–H groups in total. The van der Waals surface area contributed by atoms with Crippen LogP contribution in [0.25, 0.3) is 0 Å². The van der Waals surface area contributed by atoms with Gasteiger partial charge in [-0.15, -0.1) is 0 Å². The largest absolute Gasteiger partial charge is 0.487 e. The summed E-state index contributed by atoms with van der Waals surface area (Å²) < 4.78 is 10.3. The molecule has 0 radical (unpaired) electrons. The third kappa shape index (κ3) is 5.39. The minimum Gasteiger partial charge on any atom is -0.487 e. The first-order valence-corrected chi connectivity index (χ1v) is 6.87. The van der Waals surface area contributed by atoms with Crippen LogP contribution >= 0.6 is 0 Å². The number of benzene rings is 1. The van der Waals surface area contributed by atoms with E-state index in [0.717, 1.165) is 0 Å². The van der Waals surface area contributed by atoms with Gasteiger partial charge in [-0.1, -0.05) is 0 Å². The van der Waals surface area contributed by atoms with Crippen LogP contribution in [0, 0.1) is 10.1 Å². The molecule has 0 aliphatic carbocycles. The van der Waals surface area contributed by atoms with Crippen molar-refractivity contribution >= 4 is 11.6 Å². The van der Waals surface area contributed by atoms with Crippen LogP contribution in [0.4, 0.5) is 5.69 Å². The summed E-state index contributed by atoms with van der Waals surface area (Å²) in [6.07, 6.45) is 0.693. The molecule has 116 valence electrons. The van der Waals surface area contributed by atoms with Gasteiger partial charge in [-0.25, -0.2) is 0 Å². The molecule has 0 atom stereocenters. The highest BCUT2D eigenvalue weighted by Gasteiger charge is 2.18. The van der Waals surface area contributed by atoms with Crippen molar-refractivity contribution in [3.8, 4) is 5.75 Å². The van der Waals surface area contributed by atoms with Crippen LogP contribution in [0.3, 0.4) is 0 Å². The summed E-state index contributed by atoms with van der Waals surface area (Å²) in [5.41, 5.74) is 0.0281. The average Bonchev–Trinajstić information content (AvgIpc) is 2.47. The second-order valence-electron chi connectivity index (χ2n) is 4.18. The number of carbonyl (C=O) groups is 1. The van der Waals surface area contributed by atoms with Gasteiger partial charge in [0.05, 0.1) is 11.5 Å². The van der Waals surface area contributed by atoms with Gasteiger partial charge >= 0.3 is 5.69 Å². The molecule has 1 amide bonds. The highest BCUT2D eigenvalue weighted by Crippen LogP contribution is 2.27. The molecule has 1 aromatic carbocycles. The van der Waals surface area contributed by atoms with Crippen molar-refractivity contribution < 1.29 is 19.2 Å². The molecule has 0 aliphatic rings. The van der Waals surface area contributed by atoms with E-state index in [4.69, 9.17) is 9.47 Å². The molecule has 0 bridgehead atoms. The van der Waals surface area contributed by atoms with Crippen molar-refractivity contribution in [1.29, 1.82) is 0 Å². The van der Waals surface area contributed by atoms with Crippen LogP contribution in [0.1, 0.15) is 30.6 Å². The summed E-state index contributed by atoms with van der Waals surface area (Å²) in [6, 6.07) is 4.18. The SMILES string of the molecule is CCOCCCNC(=O)c1ccc(OCC)c([N+](=O)[O-])c1. The molecule has 0 saturated carbocycles. The van der Waals surface area contributed by atoms with Gasteiger partial charge in [0, 0.05) is 31.4 Å². The van der Waals surface area contributed by atoms with E-state index in [0.29, 0.717) is 32.8 Å². The van der Waals surface area contributed by atoms with Gasteiger partial charge in [0.2, 0.25) is 0 Å². The van der Waals surface area contributed by atoms with Gasteiger partial charge in [-0.05, 0) is 32.4 Å². The van der Waals surface area contributed by atoms with E-state index in [9.17, 15) is 14.9 Å². The number of hydrogen-bond donors (Lipinski definition) is 1. The second-order valence-corrected chi connectivity index (χ2v) is 4.18. The molecular weight excluding hydrogens is 276 g/mol. The Morgan fingerprint density at radius 1 is 1.33 bits per heavy atom. The summed E-state index contributed by atoms with van der Waals surface area (Å²) in [4.78, 5) is 22.3. The Bertz CT molecular complexity index is 490. The summed E-state index contributed by atoms with van der Waals surface area (Å²) >= 11 is 0. The first-order chi connectivity index (χ1) is 10.1. The lowest BCUT2D eigenvalue weighted by Gasteiger charge is -2.07. The van der Waals surface area contributed by atoms with Crippen molar-refractivity contribution in [1.82, 2.24) is 5.32 Å². The first-order valence-electron chi connectivity index (χ1n) is 6.87. The standard InChI is InChI=1S/C14H20N2O5/c1-3-20-9-5-8-15-14(17)11-6-7-13(21-4-2)12(10-11)16(18)19/h6-7,10H,3-5,8-9H2,1-2H3,(H,15,17). The minimum absolute atomic E-state index is 0.162. The monoisotopic (exact) mass is 296 g/mol. The summed E-state index contributed by atoms with van der Waals surface area (Å²) in [7, 11) is 0. The molecule has 1 rings (SSSR count). The molecule has 0 fully saturated rings. The maximum atomic E-state index is 11.9. The van der Waals surface area contributed by atoms with E-state index in [1.165, 1.54) is 18.2 Å². The van der Waals surface area contributed by atoms with Gasteiger partial charge < -0.3 is 14.8 Å². The van der Waals surface area contributed by atoms with Crippen molar-refractivity contribution in [2.75, 3.05) is 26.4 Å². The Morgan fingerprint density at radius 2 is 2.10 bits per heavy atom. The van der Waals surface area contributed by atoms with Crippen LogP contribution in [0.5, 0.6) is 5.75 Å². The first kappa shape index (κ1) is 16.9. The number of nitrogens with one attached hydrogen (secondary N) is 1. The zero-order valence-electron chi connectivity index (χ0n) is 12.3. The maximum absolute atomic E-state index is 11.9. The number of amides is 1. The number of ether oxygens (including phenoxy) is 2. The second kappa shape index (κ2) is 8.91. The Balaban J connectivity index is 2.67. The molecule has 1 aromatic rings. The van der Waals surface area contributed by atoms with E-state index in [2.05, 4.69) is 5.32 Å². The number of nitro benzene ring substituents is 1. The van der Waals surface area contributed by atoms with Crippen molar-refractivity contribution in [3.05, 3.63) is 33.9 Å². The lowest BCUT2D eigenvalue weighted by atomic mass is 10.1. The fourth-order valence-electron chi connectivity index (χ4n) is 1.70.